The monoisotopic (exact) mass is 521 g/mol. The maximum Gasteiger partial charge on any atom is 0.322 e. The fraction of sp³-hybridized carbons (Fsp3) is 0.414. The zero-order valence-electron chi connectivity index (χ0n) is 23.6. The number of carbonyl (C=O) groups excluding carboxylic acids is 2. The van der Waals surface area contributed by atoms with E-state index in [1.807, 2.05) is 51.1 Å². The first-order chi connectivity index (χ1) is 17.9. The Morgan fingerprint density at radius 1 is 1.03 bits per heavy atom. The van der Waals surface area contributed by atoms with Gasteiger partial charge in [-0.15, -0.1) is 0 Å². The number of nitrogens with one attached hydrogen (secondary N) is 2. The van der Waals surface area contributed by atoms with Gasteiger partial charge in [0.2, 0.25) is 5.91 Å². The Labute approximate surface area is 225 Å². The molecule has 3 rings (SSSR count). The van der Waals surface area contributed by atoms with Crippen LogP contribution < -0.4 is 20.1 Å². The van der Waals surface area contributed by atoms with Gasteiger partial charge in [0, 0.05) is 24.1 Å². The van der Waals surface area contributed by atoms with Crippen molar-refractivity contribution in [2.75, 3.05) is 37.9 Å². The Hall–Kier alpha value is -4.01. The molecule has 3 aromatic rings. The summed E-state index contributed by atoms with van der Waals surface area (Å²) in [6, 6.07) is 14.5. The molecule has 204 valence electrons. The van der Waals surface area contributed by atoms with E-state index in [1.54, 1.807) is 30.0 Å². The molecule has 0 aliphatic heterocycles. The number of ether oxygens (including phenoxy) is 2. The Bertz CT molecular complexity index is 1280. The number of aromatic nitrogens is 2. The van der Waals surface area contributed by atoms with Crippen molar-refractivity contribution in [1.82, 2.24) is 14.7 Å². The summed E-state index contributed by atoms with van der Waals surface area (Å²) in [7, 11) is 3.08. The molecule has 2 N–H and O–H groups in total. The Kier molecular flexibility index (Phi) is 9.04. The molecule has 0 unspecified atom stereocenters. The maximum atomic E-state index is 13.3. The van der Waals surface area contributed by atoms with Crippen molar-refractivity contribution in [2.45, 2.75) is 47.0 Å². The predicted octanol–water partition coefficient (Wildman–Crippen LogP) is 5.62. The molecule has 0 radical (unpaired) electrons. The number of aryl methyl sites for hydroxylation is 1. The van der Waals surface area contributed by atoms with E-state index in [0.717, 1.165) is 16.9 Å². The zero-order valence-corrected chi connectivity index (χ0v) is 23.6. The summed E-state index contributed by atoms with van der Waals surface area (Å²) in [5.74, 6) is 1.45. The molecule has 0 bridgehead atoms. The molecule has 0 aliphatic rings. The molecule has 0 saturated heterocycles. The van der Waals surface area contributed by atoms with E-state index in [9.17, 15) is 9.59 Å². The van der Waals surface area contributed by atoms with Crippen LogP contribution in [-0.2, 0) is 10.2 Å². The first-order valence-corrected chi connectivity index (χ1v) is 12.7. The summed E-state index contributed by atoms with van der Waals surface area (Å²) in [5, 5.41) is 10.7. The van der Waals surface area contributed by atoms with Gasteiger partial charge < -0.3 is 25.0 Å². The lowest BCUT2D eigenvalue weighted by Crippen LogP contribution is -2.42. The largest absolute Gasteiger partial charge is 0.497 e. The molecule has 0 aliphatic carbocycles. The minimum Gasteiger partial charge on any atom is -0.497 e. The second-order valence-electron chi connectivity index (χ2n) is 10.7. The minimum absolute atomic E-state index is 0.133. The number of nitrogens with zero attached hydrogens (tertiary/aromatic N) is 3. The normalized spacial score (nSPS) is 11.3. The Morgan fingerprint density at radius 2 is 1.74 bits per heavy atom. The number of methoxy groups -OCH3 is 2. The number of para-hydroxylation sites is 1. The van der Waals surface area contributed by atoms with E-state index in [2.05, 4.69) is 31.4 Å². The summed E-state index contributed by atoms with van der Waals surface area (Å²) in [6.07, 6.45) is 0. The van der Waals surface area contributed by atoms with Gasteiger partial charge in [0.1, 0.15) is 23.9 Å². The van der Waals surface area contributed by atoms with Gasteiger partial charge in [0.15, 0.2) is 0 Å². The summed E-state index contributed by atoms with van der Waals surface area (Å²) < 4.78 is 12.4. The molecule has 0 fully saturated rings. The molecule has 0 saturated carbocycles. The smallest absolute Gasteiger partial charge is 0.322 e. The first-order valence-electron chi connectivity index (χ1n) is 12.7. The summed E-state index contributed by atoms with van der Waals surface area (Å²) in [5.41, 5.74) is 3.02. The van der Waals surface area contributed by atoms with Gasteiger partial charge in [-0.1, -0.05) is 52.8 Å². The van der Waals surface area contributed by atoms with Crippen molar-refractivity contribution in [3.8, 4) is 17.2 Å². The van der Waals surface area contributed by atoms with Gasteiger partial charge in [-0.2, -0.15) is 5.10 Å². The highest BCUT2D eigenvalue weighted by molar-refractivity contribution is 5.97. The second-order valence-corrected chi connectivity index (χ2v) is 10.7. The van der Waals surface area contributed by atoms with E-state index in [4.69, 9.17) is 14.6 Å². The van der Waals surface area contributed by atoms with Gasteiger partial charge in [-0.3, -0.25) is 4.79 Å². The van der Waals surface area contributed by atoms with Crippen LogP contribution in [0.2, 0.25) is 0 Å². The highest BCUT2D eigenvalue weighted by Gasteiger charge is 2.24. The third-order valence-electron chi connectivity index (χ3n) is 5.95. The molecule has 1 aromatic heterocycles. The minimum atomic E-state index is -0.403. The summed E-state index contributed by atoms with van der Waals surface area (Å²) in [4.78, 5) is 28.0. The number of benzene rings is 2. The molecular weight excluding hydrogens is 482 g/mol. The Balaban J connectivity index is 1.84. The van der Waals surface area contributed by atoms with Crippen LogP contribution in [0.15, 0.2) is 48.5 Å². The highest BCUT2D eigenvalue weighted by atomic mass is 16.5. The average molecular weight is 522 g/mol. The van der Waals surface area contributed by atoms with E-state index < -0.39 is 6.03 Å². The quantitative estimate of drug-likeness (QED) is 0.381. The van der Waals surface area contributed by atoms with Gasteiger partial charge in [0.25, 0.3) is 0 Å². The third kappa shape index (κ3) is 7.06. The van der Waals surface area contributed by atoms with Crippen LogP contribution in [0.25, 0.3) is 5.69 Å². The van der Waals surface area contributed by atoms with Crippen LogP contribution in [-0.4, -0.2) is 53.9 Å². The van der Waals surface area contributed by atoms with E-state index >= 15 is 0 Å². The van der Waals surface area contributed by atoms with Crippen LogP contribution in [0.4, 0.5) is 16.3 Å². The molecule has 3 amide bonds. The topological polar surface area (TPSA) is 97.7 Å². The van der Waals surface area contributed by atoms with Gasteiger partial charge in [-0.05, 0) is 36.6 Å². The molecule has 2 aromatic carbocycles. The molecule has 1 heterocycles. The second kappa shape index (κ2) is 12.0. The first kappa shape index (κ1) is 28.6. The lowest BCUT2D eigenvalue weighted by Gasteiger charge is -2.25. The van der Waals surface area contributed by atoms with Gasteiger partial charge >= 0.3 is 6.03 Å². The van der Waals surface area contributed by atoms with Crippen molar-refractivity contribution < 1.29 is 19.1 Å². The number of amides is 3. The lowest BCUT2D eigenvalue weighted by molar-refractivity contribution is -0.116. The number of carbonyl (C=O) groups is 2. The van der Waals surface area contributed by atoms with Crippen LogP contribution in [0, 0.1) is 12.8 Å². The molecule has 0 spiro atoms. The van der Waals surface area contributed by atoms with Crippen molar-refractivity contribution in [3.05, 3.63) is 59.8 Å². The predicted molar refractivity (Wildman–Crippen MR) is 151 cm³/mol. The van der Waals surface area contributed by atoms with Crippen molar-refractivity contribution in [3.63, 3.8) is 0 Å². The summed E-state index contributed by atoms with van der Waals surface area (Å²) in [6.45, 7) is 12.5. The molecular formula is C29H39N5O4. The number of hydrogen-bond donors (Lipinski definition) is 2. The van der Waals surface area contributed by atoms with Crippen LogP contribution in [0.5, 0.6) is 11.5 Å². The fourth-order valence-corrected chi connectivity index (χ4v) is 3.93. The zero-order chi connectivity index (χ0) is 28.0. The van der Waals surface area contributed by atoms with Crippen molar-refractivity contribution in [2.24, 2.45) is 5.92 Å². The number of urea groups is 1. The Morgan fingerprint density at radius 3 is 2.34 bits per heavy atom. The maximum absolute atomic E-state index is 13.3. The van der Waals surface area contributed by atoms with Crippen molar-refractivity contribution in [1.29, 1.82) is 0 Å². The SMILES string of the molecule is COc1ccc(NC(=O)N(CC(=O)Nc2cc(C(C)(C)C)nn2-c2ccccc2C)CC(C)C)c(OC)c1. The van der Waals surface area contributed by atoms with Crippen LogP contribution >= 0.6 is 0 Å². The standard InChI is InChI=1S/C29H39N5O4/c1-19(2)17-33(28(36)30-22-14-13-21(37-7)15-24(22)38-8)18-27(35)31-26-16-25(29(4,5)6)32-34(26)23-12-10-9-11-20(23)3/h9-16,19H,17-18H2,1-8H3,(H,30,36)(H,31,35). The van der Waals surface area contributed by atoms with Gasteiger partial charge in [0.05, 0.1) is 31.3 Å². The van der Waals surface area contributed by atoms with Crippen LogP contribution in [0.3, 0.4) is 0 Å². The van der Waals surface area contributed by atoms with E-state index in [0.29, 0.717) is 29.5 Å². The number of anilines is 2. The molecule has 0 atom stereocenters. The van der Waals surface area contributed by atoms with E-state index in [-0.39, 0.29) is 23.8 Å². The lowest BCUT2D eigenvalue weighted by atomic mass is 9.92. The number of hydrogen-bond acceptors (Lipinski definition) is 5. The fourth-order valence-electron chi connectivity index (χ4n) is 3.93. The van der Waals surface area contributed by atoms with Crippen molar-refractivity contribution >= 4 is 23.4 Å². The van der Waals surface area contributed by atoms with Crippen LogP contribution in [0.1, 0.15) is 45.9 Å². The average Bonchev–Trinajstić information content (AvgIpc) is 3.27. The molecule has 38 heavy (non-hydrogen) atoms. The third-order valence-corrected chi connectivity index (χ3v) is 5.95. The molecule has 9 nitrogen and oxygen atoms in total. The van der Waals surface area contributed by atoms with E-state index in [1.165, 1.54) is 12.0 Å². The van der Waals surface area contributed by atoms with Gasteiger partial charge in [-0.25, -0.2) is 9.48 Å². The molecule has 9 heteroatoms. The highest BCUT2D eigenvalue weighted by Crippen LogP contribution is 2.30. The number of rotatable bonds is 9. The summed E-state index contributed by atoms with van der Waals surface area (Å²) >= 11 is 0.